The number of rotatable bonds is 3. The molecule has 0 saturated carbocycles. The van der Waals surface area contributed by atoms with Crippen molar-refractivity contribution in [2.24, 2.45) is 0 Å². The molecule has 0 bridgehead atoms. The Morgan fingerprint density at radius 2 is 2.12 bits per heavy atom. The summed E-state index contributed by atoms with van der Waals surface area (Å²) in [5.41, 5.74) is 4.44. The Hall–Kier alpha value is -1.65. The minimum absolute atomic E-state index is 0.0533. The van der Waals surface area contributed by atoms with E-state index in [0.29, 0.717) is 12.1 Å². The van der Waals surface area contributed by atoms with Gasteiger partial charge in [0.15, 0.2) is 0 Å². The van der Waals surface area contributed by atoms with E-state index in [1.165, 1.54) is 0 Å². The number of hydrazine groups is 1. The van der Waals surface area contributed by atoms with Crippen LogP contribution in [-0.2, 0) is 0 Å². The first-order chi connectivity index (χ1) is 8.29. The molecule has 1 aliphatic heterocycles. The van der Waals surface area contributed by atoms with E-state index in [-0.39, 0.29) is 12.5 Å². The molecule has 0 atom stereocenters. The van der Waals surface area contributed by atoms with Crippen LogP contribution in [-0.4, -0.2) is 35.7 Å². The zero-order valence-electron chi connectivity index (χ0n) is 9.60. The predicted molar refractivity (Wildman–Crippen MR) is 65.3 cm³/mol. The number of hydrogen-bond donors (Lipinski definition) is 2. The molecule has 0 aromatic heterocycles. The van der Waals surface area contributed by atoms with Crippen LogP contribution in [0.5, 0.6) is 0 Å². The lowest BCUT2D eigenvalue weighted by Crippen LogP contribution is -2.45. The maximum atomic E-state index is 11.9. The van der Waals surface area contributed by atoms with E-state index >= 15 is 0 Å². The van der Waals surface area contributed by atoms with Gasteiger partial charge in [0.05, 0.1) is 6.61 Å². The lowest BCUT2D eigenvalue weighted by atomic mass is 10.1. The Morgan fingerprint density at radius 1 is 1.35 bits per heavy atom. The van der Waals surface area contributed by atoms with E-state index in [0.717, 1.165) is 18.5 Å². The highest BCUT2D eigenvalue weighted by Crippen LogP contribution is 2.07. The first-order valence-corrected chi connectivity index (χ1v) is 5.69. The van der Waals surface area contributed by atoms with Crippen LogP contribution in [0.3, 0.4) is 0 Å². The number of nitrogens with one attached hydrogen (secondary N) is 1. The van der Waals surface area contributed by atoms with Crippen molar-refractivity contribution in [1.82, 2.24) is 10.4 Å². The van der Waals surface area contributed by atoms with Gasteiger partial charge in [-0.2, -0.15) is 0 Å². The minimum atomic E-state index is -0.107. The highest BCUT2D eigenvalue weighted by atomic mass is 16.3. The standard InChI is InChI=1S/C13H16N2O2/c16-10-11-5-4-8-15(9-11)14-13(17)12-6-2-1-3-7-12/h1-3,5-7,16H,4,8-10H2,(H,14,17). The summed E-state index contributed by atoms with van der Waals surface area (Å²) in [6.45, 7) is 1.43. The first kappa shape index (κ1) is 11.8. The SMILES string of the molecule is O=C(NN1CCC=C(CO)C1)c1ccccc1. The van der Waals surface area contributed by atoms with Crippen molar-refractivity contribution in [2.75, 3.05) is 19.7 Å². The number of amides is 1. The zero-order chi connectivity index (χ0) is 12.1. The smallest absolute Gasteiger partial charge is 0.265 e. The van der Waals surface area contributed by atoms with Gasteiger partial charge in [0.2, 0.25) is 0 Å². The number of aliphatic hydroxyl groups is 1. The highest BCUT2D eigenvalue weighted by molar-refractivity contribution is 5.93. The summed E-state index contributed by atoms with van der Waals surface area (Å²) < 4.78 is 0. The average molecular weight is 232 g/mol. The third-order valence-electron chi connectivity index (χ3n) is 2.72. The lowest BCUT2D eigenvalue weighted by molar-refractivity contribution is 0.0793. The van der Waals surface area contributed by atoms with Crippen LogP contribution < -0.4 is 5.43 Å². The quantitative estimate of drug-likeness (QED) is 0.763. The van der Waals surface area contributed by atoms with Gasteiger partial charge < -0.3 is 5.11 Å². The molecular weight excluding hydrogens is 216 g/mol. The molecule has 17 heavy (non-hydrogen) atoms. The van der Waals surface area contributed by atoms with Crippen molar-refractivity contribution in [3.63, 3.8) is 0 Å². The van der Waals surface area contributed by atoms with Crippen molar-refractivity contribution in [2.45, 2.75) is 6.42 Å². The van der Waals surface area contributed by atoms with E-state index in [2.05, 4.69) is 5.43 Å². The minimum Gasteiger partial charge on any atom is -0.392 e. The molecule has 0 saturated heterocycles. The number of carbonyl (C=O) groups excluding carboxylic acids is 1. The fourth-order valence-electron chi connectivity index (χ4n) is 1.82. The fraction of sp³-hybridized carbons (Fsp3) is 0.308. The lowest BCUT2D eigenvalue weighted by Gasteiger charge is -2.26. The molecule has 0 spiro atoms. The Morgan fingerprint density at radius 3 is 2.82 bits per heavy atom. The van der Waals surface area contributed by atoms with Crippen molar-refractivity contribution < 1.29 is 9.90 Å². The summed E-state index contributed by atoms with van der Waals surface area (Å²) in [7, 11) is 0. The van der Waals surface area contributed by atoms with E-state index in [1.54, 1.807) is 12.1 Å². The van der Waals surface area contributed by atoms with E-state index in [1.807, 2.05) is 29.3 Å². The summed E-state index contributed by atoms with van der Waals surface area (Å²) in [5.74, 6) is -0.107. The van der Waals surface area contributed by atoms with Gasteiger partial charge in [-0.1, -0.05) is 24.3 Å². The monoisotopic (exact) mass is 232 g/mol. The predicted octanol–water partition coefficient (Wildman–Crippen LogP) is 0.956. The molecule has 0 radical (unpaired) electrons. The number of nitrogens with zero attached hydrogens (tertiary/aromatic N) is 1. The van der Waals surface area contributed by atoms with Crippen LogP contribution in [0.4, 0.5) is 0 Å². The first-order valence-electron chi connectivity index (χ1n) is 5.69. The Kier molecular flexibility index (Phi) is 3.90. The molecule has 4 heteroatoms. The number of hydrogen-bond acceptors (Lipinski definition) is 3. The molecule has 4 nitrogen and oxygen atoms in total. The second-order valence-electron chi connectivity index (χ2n) is 4.04. The normalized spacial score (nSPS) is 16.4. The van der Waals surface area contributed by atoms with Crippen molar-refractivity contribution >= 4 is 5.91 Å². The zero-order valence-corrected chi connectivity index (χ0v) is 9.60. The van der Waals surface area contributed by atoms with Crippen LogP contribution in [0, 0.1) is 0 Å². The number of carbonyl (C=O) groups is 1. The van der Waals surface area contributed by atoms with Gasteiger partial charge in [-0.3, -0.25) is 10.2 Å². The van der Waals surface area contributed by atoms with Gasteiger partial charge in [0.1, 0.15) is 0 Å². The molecule has 1 amide bonds. The molecule has 0 unspecified atom stereocenters. The molecule has 1 heterocycles. The van der Waals surface area contributed by atoms with Crippen molar-refractivity contribution in [3.05, 3.63) is 47.5 Å². The molecule has 1 aliphatic rings. The Balaban J connectivity index is 1.94. The van der Waals surface area contributed by atoms with Crippen LogP contribution in [0.1, 0.15) is 16.8 Å². The Labute approximate surface area is 101 Å². The second kappa shape index (κ2) is 5.61. The Bertz CT molecular complexity index is 415. The number of benzene rings is 1. The number of aliphatic hydroxyl groups excluding tert-OH is 1. The van der Waals surface area contributed by atoms with Gasteiger partial charge in [0.25, 0.3) is 5.91 Å². The molecule has 1 aromatic rings. The summed E-state index contributed by atoms with van der Waals surface area (Å²) in [4.78, 5) is 11.9. The van der Waals surface area contributed by atoms with Crippen LogP contribution >= 0.6 is 0 Å². The molecule has 2 N–H and O–H groups in total. The summed E-state index contributed by atoms with van der Waals surface area (Å²) in [6.07, 6.45) is 2.87. The van der Waals surface area contributed by atoms with Crippen LogP contribution in [0.25, 0.3) is 0 Å². The molecule has 0 aliphatic carbocycles. The molecule has 2 rings (SSSR count). The summed E-state index contributed by atoms with van der Waals surface area (Å²) >= 11 is 0. The van der Waals surface area contributed by atoms with Crippen LogP contribution in [0.2, 0.25) is 0 Å². The van der Waals surface area contributed by atoms with Gasteiger partial charge in [-0.25, -0.2) is 5.01 Å². The van der Waals surface area contributed by atoms with E-state index < -0.39 is 0 Å². The highest BCUT2D eigenvalue weighted by Gasteiger charge is 2.14. The van der Waals surface area contributed by atoms with Gasteiger partial charge >= 0.3 is 0 Å². The third-order valence-corrected chi connectivity index (χ3v) is 2.72. The third kappa shape index (κ3) is 3.15. The molecule has 90 valence electrons. The van der Waals surface area contributed by atoms with E-state index in [9.17, 15) is 4.79 Å². The van der Waals surface area contributed by atoms with Gasteiger partial charge in [0, 0.05) is 18.7 Å². The fourth-order valence-corrected chi connectivity index (χ4v) is 1.82. The maximum absolute atomic E-state index is 11.9. The van der Waals surface area contributed by atoms with Crippen molar-refractivity contribution in [1.29, 1.82) is 0 Å². The van der Waals surface area contributed by atoms with Crippen molar-refractivity contribution in [3.8, 4) is 0 Å². The summed E-state index contributed by atoms with van der Waals surface area (Å²) in [6, 6.07) is 9.11. The average Bonchev–Trinajstić information content (AvgIpc) is 2.40. The van der Waals surface area contributed by atoms with Gasteiger partial charge in [-0.15, -0.1) is 0 Å². The second-order valence-corrected chi connectivity index (χ2v) is 4.04. The molecule has 0 fully saturated rings. The maximum Gasteiger partial charge on any atom is 0.265 e. The van der Waals surface area contributed by atoms with Gasteiger partial charge in [-0.05, 0) is 24.1 Å². The molecule has 1 aromatic carbocycles. The largest absolute Gasteiger partial charge is 0.392 e. The molecular formula is C13H16N2O2. The summed E-state index contributed by atoms with van der Waals surface area (Å²) in [5, 5.41) is 10.9. The topological polar surface area (TPSA) is 52.6 Å². The van der Waals surface area contributed by atoms with E-state index in [4.69, 9.17) is 5.11 Å². The van der Waals surface area contributed by atoms with Crippen LogP contribution in [0.15, 0.2) is 42.0 Å².